The number of Topliss-reactive ketones (excluding diaryl/α,β-unsaturated/α-hetero) is 1. The summed E-state index contributed by atoms with van der Waals surface area (Å²) in [5.41, 5.74) is 0.779. The van der Waals surface area contributed by atoms with E-state index < -0.39 is 98.8 Å². The van der Waals surface area contributed by atoms with Crippen LogP contribution in [0.3, 0.4) is 0 Å². The average molecular weight is 1120 g/mol. The number of nitrogens with one attached hydrogen (secondary N) is 1. The van der Waals surface area contributed by atoms with E-state index >= 15 is 0 Å². The molecule has 0 bridgehead atoms. The Balaban J connectivity index is 0.000000232. The summed E-state index contributed by atoms with van der Waals surface area (Å²) in [6, 6.07) is 12.3. The van der Waals surface area contributed by atoms with E-state index in [0.717, 1.165) is 39.1 Å². The molecule has 0 atom stereocenters. The molecule has 0 radical (unpaired) electrons. The lowest BCUT2D eigenvalue weighted by Crippen LogP contribution is -2.42. The summed E-state index contributed by atoms with van der Waals surface area (Å²) >= 11 is 11.7. The van der Waals surface area contributed by atoms with Crippen molar-refractivity contribution in [2.75, 3.05) is 38.2 Å². The van der Waals surface area contributed by atoms with Gasteiger partial charge < -0.3 is 9.73 Å². The van der Waals surface area contributed by atoms with Gasteiger partial charge in [0.15, 0.2) is 5.78 Å². The summed E-state index contributed by atoms with van der Waals surface area (Å²) in [7, 11) is -14.9. The van der Waals surface area contributed by atoms with Crippen molar-refractivity contribution < 1.29 is 74.0 Å². The van der Waals surface area contributed by atoms with Crippen molar-refractivity contribution in [3.05, 3.63) is 118 Å². The minimum absolute atomic E-state index is 0.00922. The second kappa shape index (κ2) is 22.6. The molecule has 71 heavy (non-hydrogen) atoms. The molecule has 2 aliphatic heterocycles. The molecule has 0 spiro atoms. The van der Waals surface area contributed by atoms with Gasteiger partial charge in [0.05, 0.1) is 91.5 Å². The Morgan fingerprint density at radius 3 is 1.54 bits per heavy atom. The topological polar surface area (TPSA) is 254 Å². The molecule has 2 saturated heterocycles. The van der Waals surface area contributed by atoms with Crippen LogP contribution in [0, 0.1) is 11.6 Å². The first-order valence-electron chi connectivity index (χ1n) is 20.7. The van der Waals surface area contributed by atoms with Crippen LogP contribution in [0.15, 0.2) is 77.5 Å². The molecule has 0 saturated carbocycles. The fourth-order valence-electron chi connectivity index (χ4n) is 7.04. The lowest BCUT2D eigenvalue weighted by Gasteiger charge is -2.31. The minimum atomic E-state index is -4.15. The molecule has 0 unspecified atom stereocenters. The number of sulfone groups is 2. The number of aromatic nitrogens is 4. The first-order chi connectivity index (χ1) is 33.3. The van der Waals surface area contributed by atoms with Crippen molar-refractivity contribution in [1.82, 2.24) is 25.5 Å². The van der Waals surface area contributed by atoms with E-state index in [2.05, 4.69) is 20.2 Å². The molecular formula is C41H39Cl2F6N7O11S4. The summed E-state index contributed by atoms with van der Waals surface area (Å²) in [5, 5.41) is 5.97. The molecule has 0 aliphatic carbocycles. The van der Waals surface area contributed by atoms with Crippen molar-refractivity contribution in [2.24, 2.45) is 0 Å². The maximum Gasteiger partial charge on any atom is 0.315 e. The molecule has 384 valence electrons. The highest BCUT2D eigenvalue weighted by Gasteiger charge is 2.39. The van der Waals surface area contributed by atoms with E-state index in [1.807, 2.05) is 0 Å². The van der Waals surface area contributed by atoms with E-state index in [9.17, 15) is 69.6 Å². The Kier molecular flexibility index (Phi) is 17.4. The summed E-state index contributed by atoms with van der Waals surface area (Å²) in [5.74, 6) is -5.90. The first kappa shape index (κ1) is 54.9. The third-order valence-corrected chi connectivity index (χ3v) is 19.5. The zero-order valence-electron chi connectivity index (χ0n) is 36.3. The second-order valence-corrected chi connectivity index (χ2v) is 25.5. The molecule has 1 amide bonds. The fraction of sp³-hybridized carbons (Fsp3) is 0.366. The Morgan fingerprint density at radius 2 is 1.15 bits per heavy atom. The molecular weight excluding hydrogens is 1080 g/mol. The largest absolute Gasteiger partial charge is 0.415 e. The van der Waals surface area contributed by atoms with Crippen LogP contribution in [0.25, 0.3) is 11.5 Å². The number of hydrogen-bond donors (Lipinski definition) is 1. The Hall–Kier alpha value is -5.42. The number of amides is 1. The number of nitrogens with zero attached hydrogens (tertiary/aromatic N) is 6. The SMILES string of the molecule is O=C(CNC(=O)C(F)F)c1ccc(CN(c2ccc(F)c(Cl)c2)S(=O)(=O)C2CCS(=O)(=O)CC2)nc1.O=S1(=O)CCC(S(=O)(=O)N(Cc2ccc(-c3nnc(C(F)F)o3)cn2)c2ccc(F)c(Cl)c2)CC1. The normalized spacial score (nSPS) is 16.3. The predicted molar refractivity (Wildman–Crippen MR) is 246 cm³/mol. The maximum absolute atomic E-state index is 13.7. The molecule has 3 aromatic heterocycles. The van der Waals surface area contributed by atoms with Gasteiger partial charge in [-0.1, -0.05) is 23.2 Å². The van der Waals surface area contributed by atoms with Crippen molar-refractivity contribution in [2.45, 2.75) is 62.1 Å². The van der Waals surface area contributed by atoms with Gasteiger partial charge >= 0.3 is 12.9 Å². The number of rotatable bonds is 16. The third kappa shape index (κ3) is 14.0. The quantitative estimate of drug-likeness (QED) is 0.0862. The van der Waals surface area contributed by atoms with Crippen molar-refractivity contribution in [3.8, 4) is 11.5 Å². The standard InChI is InChI=1S/C21H21ClF3N3O6S2.C20H18ClF3N4O5S2/c22-17-9-15(3-4-18(17)23)28(36(33,34)16-5-7-35(31,32)8-6-16)12-14-2-1-13(10-26-14)19(29)11-27-21(30)20(24)25;21-16-9-14(3-4-17(16)22)28(35(31,32)15-5-7-34(29,30)8-6-15)11-13-2-1-12(10-25-13)19-26-27-20(33-19)18(23)24/h1-4,9-10,16,20H,5-8,11-12H2,(H,27,30);1-4,9-10,15,18H,5-8,11H2. The van der Waals surface area contributed by atoms with Gasteiger partial charge in [-0.3, -0.25) is 28.2 Å². The zero-order valence-corrected chi connectivity index (χ0v) is 41.1. The number of carbonyl (C=O) groups excluding carboxylic acids is 2. The van der Waals surface area contributed by atoms with Gasteiger partial charge in [-0.15, -0.1) is 10.2 Å². The minimum Gasteiger partial charge on any atom is -0.415 e. The highest BCUT2D eigenvalue weighted by atomic mass is 35.5. The first-order valence-corrected chi connectivity index (χ1v) is 28.1. The highest BCUT2D eigenvalue weighted by molar-refractivity contribution is 7.94. The number of alkyl halides is 4. The summed E-state index contributed by atoms with van der Waals surface area (Å²) in [6.45, 7) is -1.30. The molecule has 1 N–H and O–H groups in total. The van der Waals surface area contributed by atoms with Crippen LogP contribution < -0.4 is 13.9 Å². The lowest BCUT2D eigenvalue weighted by atomic mass is 10.1. The van der Waals surface area contributed by atoms with Crippen LogP contribution in [0.5, 0.6) is 0 Å². The number of carbonyl (C=O) groups is 2. The summed E-state index contributed by atoms with van der Waals surface area (Å²) in [4.78, 5) is 31.3. The lowest BCUT2D eigenvalue weighted by molar-refractivity contribution is -0.131. The third-order valence-electron chi connectivity index (χ3n) is 10.9. The Bertz CT molecular complexity index is 3190. The summed E-state index contributed by atoms with van der Waals surface area (Å²) < 4.78 is 185. The van der Waals surface area contributed by atoms with Gasteiger partial charge in [-0.2, -0.15) is 17.6 Å². The number of anilines is 2. The number of ketones is 1. The molecule has 30 heteroatoms. The monoisotopic (exact) mass is 1120 g/mol. The number of pyridine rings is 2. The van der Waals surface area contributed by atoms with Crippen molar-refractivity contribution in [3.63, 3.8) is 0 Å². The molecule has 2 aromatic carbocycles. The van der Waals surface area contributed by atoms with E-state index in [-0.39, 0.29) is 112 Å². The van der Waals surface area contributed by atoms with E-state index in [0.29, 0.717) is 0 Å². The Morgan fingerprint density at radius 1 is 0.690 bits per heavy atom. The zero-order chi connectivity index (χ0) is 52.1. The number of hydrogen-bond acceptors (Lipinski definition) is 15. The van der Waals surface area contributed by atoms with E-state index in [1.54, 1.807) is 5.32 Å². The molecule has 18 nitrogen and oxygen atoms in total. The smallest absolute Gasteiger partial charge is 0.315 e. The highest BCUT2D eigenvalue weighted by Crippen LogP contribution is 2.33. The molecule has 5 aromatic rings. The second-order valence-electron chi connectivity index (χ2n) is 15.8. The summed E-state index contributed by atoms with van der Waals surface area (Å²) in [6.07, 6.45) is -4.22. The van der Waals surface area contributed by atoms with Crippen LogP contribution in [0.1, 0.15) is 59.7 Å². The van der Waals surface area contributed by atoms with Gasteiger partial charge in [0.1, 0.15) is 31.3 Å². The number of halogens is 8. The van der Waals surface area contributed by atoms with Gasteiger partial charge in [0.25, 0.3) is 11.8 Å². The van der Waals surface area contributed by atoms with Crippen LogP contribution in [0.2, 0.25) is 10.0 Å². The van der Waals surface area contributed by atoms with Crippen LogP contribution in [-0.4, -0.2) is 112 Å². The van der Waals surface area contributed by atoms with Crippen LogP contribution >= 0.6 is 23.2 Å². The van der Waals surface area contributed by atoms with Gasteiger partial charge in [-0.05, 0) is 86.3 Å². The van der Waals surface area contributed by atoms with E-state index in [4.69, 9.17) is 27.6 Å². The number of sulfonamides is 2. The molecule has 2 fully saturated rings. The van der Waals surface area contributed by atoms with Crippen molar-refractivity contribution in [1.29, 1.82) is 0 Å². The van der Waals surface area contributed by atoms with Gasteiger partial charge in [-0.25, -0.2) is 42.5 Å². The maximum atomic E-state index is 13.7. The van der Waals surface area contributed by atoms with Gasteiger partial charge in [0, 0.05) is 18.0 Å². The molecule has 5 heterocycles. The molecule has 2 aliphatic rings. The molecule has 7 rings (SSSR count). The predicted octanol–water partition coefficient (Wildman–Crippen LogP) is 6.13. The van der Waals surface area contributed by atoms with Gasteiger partial charge in [0.2, 0.25) is 25.9 Å². The van der Waals surface area contributed by atoms with Crippen LogP contribution in [-0.2, 0) is 57.6 Å². The Labute approximate surface area is 412 Å². The van der Waals surface area contributed by atoms with Crippen molar-refractivity contribution >= 4 is 86.0 Å². The van der Waals surface area contributed by atoms with E-state index in [1.165, 1.54) is 42.6 Å². The fourth-order valence-corrected chi connectivity index (χ4v) is 14.8. The number of benzene rings is 2. The average Bonchev–Trinajstić information content (AvgIpc) is 3.82. The van der Waals surface area contributed by atoms with Crippen LogP contribution in [0.4, 0.5) is 37.7 Å².